The van der Waals surface area contributed by atoms with Crippen LogP contribution in [0.4, 0.5) is 0 Å². The molecule has 0 spiro atoms. The van der Waals surface area contributed by atoms with E-state index in [2.05, 4.69) is 5.32 Å². The molecule has 1 N–H and O–H groups in total. The number of nitriles is 1. The Balaban J connectivity index is 1.92. The second-order valence-electron chi connectivity index (χ2n) is 4.71. The number of nitrogens with zero attached hydrogens (tertiary/aromatic N) is 2. The zero-order valence-corrected chi connectivity index (χ0v) is 11.9. The van der Waals surface area contributed by atoms with Crippen molar-refractivity contribution in [3.05, 3.63) is 46.6 Å². The van der Waals surface area contributed by atoms with Gasteiger partial charge in [0.15, 0.2) is 0 Å². The first-order valence-electron chi connectivity index (χ1n) is 6.57. The summed E-state index contributed by atoms with van der Waals surface area (Å²) >= 11 is 5.80. The molecule has 1 aromatic carbocycles. The molecule has 1 amide bonds. The fourth-order valence-corrected chi connectivity index (χ4v) is 2.20. The highest BCUT2D eigenvalue weighted by molar-refractivity contribution is 6.30. The quantitative estimate of drug-likeness (QED) is 0.684. The summed E-state index contributed by atoms with van der Waals surface area (Å²) in [4.78, 5) is 14.0. The minimum Gasteiger partial charge on any atom is -0.376 e. The standard InChI is InChI=1S/C15H16ClN3O/c16-14-5-3-12(4-6-14)10-18-15(20)13(9-17)11-19-7-1-2-8-19/h3-6,11H,1-2,7-8,10H2,(H,18,20)/b13-11-. The van der Waals surface area contributed by atoms with Crippen LogP contribution in [0.5, 0.6) is 0 Å². The van der Waals surface area contributed by atoms with Crippen molar-refractivity contribution in [3.8, 4) is 6.07 Å². The number of rotatable bonds is 4. The van der Waals surface area contributed by atoms with Crippen LogP contribution in [0, 0.1) is 11.3 Å². The van der Waals surface area contributed by atoms with Crippen molar-refractivity contribution in [2.75, 3.05) is 13.1 Å². The van der Waals surface area contributed by atoms with Crippen LogP contribution in [0.25, 0.3) is 0 Å². The van der Waals surface area contributed by atoms with Gasteiger partial charge in [-0.1, -0.05) is 23.7 Å². The second kappa shape index (κ2) is 6.97. The van der Waals surface area contributed by atoms with Gasteiger partial charge in [0.1, 0.15) is 11.6 Å². The summed E-state index contributed by atoms with van der Waals surface area (Å²) in [5, 5.41) is 12.5. The molecular formula is C15H16ClN3O. The first-order valence-corrected chi connectivity index (χ1v) is 6.95. The predicted octanol–water partition coefficient (Wildman–Crippen LogP) is 2.46. The number of halogens is 1. The summed E-state index contributed by atoms with van der Waals surface area (Å²) in [6.45, 7) is 2.21. The highest BCUT2D eigenvalue weighted by atomic mass is 35.5. The van der Waals surface area contributed by atoms with E-state index in [1.165, 1.54) is 0 Å². The SMILES string of the molecule is N#C/C(=C/N1CCCC1)C(=O)NCc1ccc(Cl)cc1. The Bertz CT molecular complexity index is 539. The minimum absolute atomic E-state index is 0.154. The van der Waals surface area contributed by atoms with E-state index in [1.54, 1.807) is 18.3 Å². The molecule has 4 nitrogen and oxygen atoms in total. The number of hydrogen-bond acceptors (Lipinski definition) is 3. The topological polar surface area (TPSA) is 56.1 Å². The number of carbonyl (C=O) groups is 1. The normalized spacial score (nSPS) is 15.0. The summed E-state index contributed by atoms with van der Waals surface area (Å²) in [6, 6.07) is 9.20. The Morgan fingerprint density at radius 1 is 1.35 bits per heavy atom. The maximum Gasteiger partial charge on any atom is 0.263 e. The molecular weight excluding hydrogens is 274 g/mol. The van der Waals surface area contributed by atoms with Gasteiger partial charge >= 0.3 is 0 Å². The largest absolute Gasteiger partial charge is 0.376 e. The summed E-state index contributed by atoms with van der Waals surface area (Å²) in [5.41, 5.74) is 1.10. The molecule has 1 fully saturated rings. The van der Waals surface area contributed by atoms with E-state index in [1.807, 2.05) is 23.1 Å². The van der Waals surface area contributed by atoms with Crippen molar-refractivity contribution in [1.82, 2.24) is 10.2 Å². The average Bonchev–Trinajstić information content (AvgIpc) is 2.97. The lowest BCUT2D eigenvalue weighted by Gasteiger charge is -2.12. The number of hydrogen-bond donors (Lipinski definition) is 1. The molecule has 5 heteroatoms. The van der Waals surface area contributed by atoms with Gasteiger partial charge in [-0.05, 0) is 30.5 Å². The number of carbonyl (C=O) groups excluding carboxylic acids is 1. The number of benzene rings is 1. The van der Waals surface area contributed by atoms with Gasteiger partial charge in [-0.3, -0.25) is 4.79 Å². The molecule has 0 aromatic heterocycles. The molecule has 1 aliphatic rings. The minimum atomic E-state index is -0.339. The fourth-order valence-electron chi connectivity index (χ4n) is 2.07. The summed E-state index contributed by atoms with van der Waals surface area (Å²) in [7, 11) is 0. The highest BCUT2D eigenvalue weighted by Gasteiger charge is 2.13. The smallest absolute Gasteiger partial charge is 0.263 e. The van der Waals surface area contributed by atoms with Crippen LogP contribution < -0.4 is 5.32 Å². The van der Waals surface area contributed by atoms with Crippen LogP contribution in [-0.4, -0.2) is 23.9 Å². The van der Waals surface area contributed by atoms with Crippen LogP contribution >= 0.6 is 11.6 Å². The third-order valence-corrected chi connectivity index (χ3v) is 3.44. The zero-order valence-electron chi connectivity index (χ0n) is 11.1. The van der Waals surface area contributed by atoms with Crippen LogP contribution in [0.3, 0.4) is 0 Å². The number of nitrogens with one attached hydrogen (secondary N) is 1. The molecule has 104 valence electrons. The Kier molecular flexibility index (Phi) is 5.03. The molecule has 20 heavy (non-hydrogen) atoms. The highest BCUT2D eigenvalue weighted by Crippen LogP contribution is 2.11. The van der Waals surface area contributed by atoms with E-state index in [9.17, 15) is 4.79 Å². The molecule has 0 saturated carbocycles. The molecule has 1 saturated heterocycles. The summed E-state index contributed by atoms with van der Waals surface area (Å²) in [5.74, 6) is -0.339. The van der Waals surface area contributed by atoms with Crippen molar-refractivity contribution < 1.29 is 4.79 Å². The molecule has 0 bridgehead atoms. The molecule has 0 aliphatic carbocycles. The monoisotopic (exact) mass is 289 g/mol. The summed E-state index contributed by atoms with van der Waals surface area (Å²) < 4.78 is 0. The van der Waals surface area contributed by atoms with Gasteiger partial charge < -0.3 is 10.2 Å². The molecule has 1 aliphatic heterocycles. The third kappa shape index (κ3) is 4.01. The van der Waals surface area contributed by atoms with Crippen molar-refractivity contribution in [3.63, 3.8) is 0 Å². The van der Waals surface area contributed by atoms with Crippen molar-refractivity contribution >= 4 is 17.5 Å². The van der Waals surface area contributed by atoms with E-state index in [-0.39, 0.29) is 11.5 Å². The van der Waals surface area contributed by atoms with E-state index >= 15 is 0 Å². The predicted molar refractivity (Wildman–Crippen MR) is 77.8 cm³/mol. The third-order valence-electron chi connectivity index (χ3n) is 3.18. The Hall–Kier alpha value is -1.99. The molecule has 0 atom stereocenters. The van der Waals surface area contributed by atoms with Crippen LogP contribution in [0.15, 0.2) is 36.0 Å². The zero-order chi connectivity index (χ0) is 14.4. The second-order valence-corrected chi connectivity index (χ2v) is 5.14. The lowest BCUT2D eigenvalue weighted by atomic mass is 10.2. The van der Waals surface area contributed by atoms with Crippen LogP contribution in [0.2, 0.25) is 5.02 Å². The average molecular weight is 290 g/mol. The van der Waals surface area contributed by atoms with E-state index in [0.717, 1.165) is 31.5 Å². The van der Waals surface area contributed by atoms with E-state index < -0.39 is 0 Å². The maximum absolute atomic E-state index is 11.9. The van der Waals surface area contributed by atoms with Gasteiger partial charge in [-0.15, -0.1) is 0 Å². The Labute approximate surface area is 123 Å². The summed E-state index contributed by atoms with van der Waals surface area (Å²) in [6.07, 6.45) is 3.88. The van der Waals surface area contributed by atoms with Gasteiger partial charge in [0.25, 0.3) is 5.91 Å². The fraction of sp³-hybridized carbons (Fsp3) is 0.333. The van der Waals surface area contributed by atoms with E-state index in [0.29, 0.717) is 11.6 Å². The number of amides is 1. The van der Waals surface area contributed by atoms with Crippen LogP contribution in [-0.2, 0) is 11.3 Å². The first kappa shape index (κ1) is 14.4. The van der Waals surface area contributed by atoms with Gasteiger partial charge in [-0.25, -0.2) is 0 Å². The first-order chi connectivity index (χ1) is 9.69. The van der Waals surface area contributed by atoms with Crippen molar-refractivity contribution in [1.29, 1.82) is 5.26 Å². The number of likely N-dealkylation sites (tertiary alicyclic amines) is 1. The Morgan fingerprint density at radius 2 is 2.00 bits per heavy atom. The van der Waals surface area contributed by atoms with Gasteiger partial charge in [0, 0.05) is 30.9 Å². The maximum atomic E-state index is 11.9. The van der Waals surface area contributed by atoms with Crippen molar-refractivity contribution in [2.45, 2.75) is 19.4 Å². The van der Waals surface area contributed by atoms with Crippen LogP contribution in [0.1, 0.15) is 18.4 Å². The van der Waals surface area contributed by atoms with Gasteiger partial charge in [0.2, 0.25) is 0 Å². The molecule has 1 heterocycles. The van der Waals surface area contributed by atoms with Gasteiger partial charge in [0.05, 0.1) is 0 Å². The lowest BCUT2D eigenvalue weighted by Crippen LogP contribution is -2.25. The molecule has 0 unspecified atom stereocenters. The van der Waals surface area contributed by atoms with Gasteiger partial charge in [-0.2, -0.15) is 5.26 Å². The molecule has 1 aromatic rings. The van der Waals surface area contributed by atoms with Crippen molar-refractivity contribution in [2.24, 2.45) is 0 Å². The molecule has 0 radical (unpaired) electrons. The lowest BCUT2D eigenvalue weighted by molar-refractivity contribution is -0.117. The molecule has 2 rings (SSSR count). The Morgan fingerprint density at radius 3 is 2.60 bits per heavy atom. The van der Waals surface area contributed by atoms with E-state index in [4.69, 9.17) is 16.9 Å².